The zero-order valence-corrected chi connectivity index (χ0v) is 15.4. The van der Waals surface area contributed by atoms with Gasteiger partial charge in [-0.15, -0.1) is 0 Å². The van der Waals surface area contributed by atoms with E-state index in [1.807, 2.05) is 13.0 Å². The second-order valence-electron chi connectivity index (χ2n) is 5.56. The second kappa shape index (κ2) is 8.67. The van der Waals surface area contributed by atoms with Crippen LogP contribution in [0.4, 0.5) is 28.7 Å². The molecular formula is C19H19N5O4. The number of nitro groups is 1. The van der Waals surface area contributed by atoms with Crippen LogP contribution in [0.5, 0.6) is 11.5 Å². The number of aromatic nitrogens is 2. The van der Waals surface area contributed by atoms with Crippen LogP contribution in [0, 0.1) is 10.1 Å². The molecule has 0 aliphatic rings. The molecule has 0 amide bonds. The van der Waals surface area contributed by atoms with Gasteiger partial charge in [-0.1, -0.05) is 24.3 Å². The second-order valence-corrected chi connectivity index (χ2v) is 5.56. The van der Waals surface area contributed by atoms with Crippen molar-refractivity contribution in [3.63, 3.8) is 0 Å². The summed E-state index contributed by atoms with van der Waals surface area (Å²) >= 11 is 0. The fourth-order valence-corrected chi connectivity index (χ4v) is 2.59. The Labute approximate surface area is 161 Å². The van der Waals surface area contributed by atoms with Crippen LogP contribution >= 0.6 is 0 Å². The average Bonchev–Trinajstić information content (AvgIpc) is 2.70. The Hall–Kier alpha value is -3.88. The molecule has 0 atom stereocenters. The van der Waals surface area contributed by atoms with Crippen LogP contribution in [0.2, 0.25) is 0 Å². The van der Waals surface area contributed by atoms with E-state index in [0.717, 1.165) is 0 Å². The molecule has 9 nitrogen and oxygen atoms in total. The maximum absolute atomic E-state index is 11.8. The van der Waals surface area contributed by atoms with Gasteiger partial charge >= 0.3 is 5.69 Å². The highest BCUT2D eigenvalue weighted by atomic mass is 16.6. The average molecular weight is 381 g/mol. The third kappa shape index (κ3) is 4.09. The van der Waals surface area contributed by atoms with Crippen molar-refractivity contribution < 1.29 is 14.4 Å². The van der Waals surface area contributed by atoms with E-state index in [0.29, 0.717) is 29.5 Å². The number of rotatable bonds is 8. The van der Waals surface area contributed by atoms with Crippen molar-refractivity contribution in [2.24, 2.45) is 0 Å². The van der Waals surface area contributed by atoms with Gasteiger partial charge in [0.05, 0.1) is 30.0 Å². The molecule has 0 aliphatic carbocycles. The number of hydrogen-bond donors (Lipinski definition) is 2. The first kappa shape index (κ1) is 18.9. The van der Waals surface area contributed by atoms with Crippen molar-refractivity contribution in [2.45, 2.75) is 6.92 Å². The molecule has 1 heterocycles. The highest BCUT2D eigenvalue weighted by molar-refractivity contribution is 5.79. The molecule has 0 saturated carbocycles. The number of benzene rings is 2. The normalized spacial score (nSPS) is 10.2. The Balaban J connectivity index is 2.00. The molecule has 1 aromatic heterocycles. The van der Waals surface area contributed by atoms with Gasteiger partial charge in [0, 0.05) is 0 Å². The fourth-order valence-electron chi connectivity index (χ4n) is 2.59. The Bertz CT molecular complexity index is 980. The van der Waals surface area contributed by atoms with E-state index in [4.69, 9.17) is 9.47 Å². The highest BCUT2D eigenvalue weighted by Crippen LogP contribution is 2.36. The SMILES string of the molecule is CCOc1ccccc1Nc1ncnc(Nc2ccccc2OC)c1[N+](=O)[O-]. The summed E-state index contributed by atoms with van der Waals surface area (Å²) < 4.78 is 10.8. The third-order valence-corrected chi connectivity index (χ3v) is 3.80. The van der Waals surface area contributed by atoms with E-state index in [2.05, 4.69) is 20.6 Å². The van der Waals surface area contributed by atoms with Crippen LogP contribution in [-0.4, -0.2) is 28.6 Å². The Morgan fingerprint density at radius 3 is 2.04 bits per heavy atom. The summed E-state index contributed by atoms with van der Waals surface area (Å²) in [5.41, 5.74) is 0.821. The monoisotopic (exact) mass is 381 g/mol. The molecule has 3 aromatic rings. The van der Waals surface area contributed by atoms with Gasteiger partial charge in [-0.3, -0.25) is 10.1 Å². The number of para-hydroxylation sites is 4. The van der Waals surface area contributed by atoms with Crippen LogP contribution in [0.1, 0.15) is 6.92 Å². The number of ether oxygens (including phenoxy) is 2. The van der Waals surface area contributed by atoms with Crippen LogP contribution in [-0.2, 0) is 0 Å². The van der Waals surface area contributed by atoms with Gasteiger partial charge < -0.3 is 20.1 Å². The van der Waals surface area contributed by atoms with E-state index >= 15 is 0 Å². The first-order valence-electron chi connectivity index (χ1n) is 8.52. The molecule has 0 saturated heterocycles. The van der Waals surface area contributed by atoms with E-state index < -0.39 is 4.92 Å². The van der Waals surface area contributed by atoms with E-state index in [9.17, 15) is 10.1 Å². The molecule has 144 valence electrons. The summed E-state index contributed by atoms with van der Waals surface area (Å²) in [6, 6.07) is 14.2. The number of nitrogens with zero attached hydrogens (tertiary/aromatic N) is 3. The molecule has 0 fully saturated rings. The zero-order valence-electron chi connectivity index (χ0n) is 15.4. The van der Waals surface area contributed by atoms with Gasteiger partial charge in [0.15, 0.2) is 0 Å². The zero-order chi connectivity index (χ0) is 19.9. The lowest BCUT2D eigenvalue weighted by Gasteiger charge is -2.14. The first-order chi connectivity index (χ1) is 13.6. The maximum atomic E-state index is 11.8. The van der Waals surface area contributed by atoms with E-state index in [-0.39, 0.29) is 17.3 Å². The summed E-state index contributed by atoms with van der Waals surface area (Å²) in [5, 5.41) is 17.7. The first-order valence-corrected chi connectivity index (χ1v) is 8.52. The number of anilines is 4. The van der Waals surface area contributed by atoms with Gasteiger partial charge in [-0.25, -0.2) is 9.97 Å². The lowest BCUT2D eigenvalue weighted by Crippen LogP contribution is -2.06. The Kier molecular flexibility index (Phi) is 5.85. The molecule has 0 spiro atoms. The fraction of sp³-hybridized carbons (Fsp3) is 0.158. The smallest absolute Gasteiger partial charge is 0.353 e. The molecule has 0 unspecified atom stereocenters. The number of hydrogen-bond acceptors (Lipinski definition) is 8. The lowest BCUT2D eigenvalue weighted by atomic mass is 10.2. The van der Waals surface area contributed by atoms with E-state index in [1.54, 1.807) is 42.5 Å². The predicted molar refractivity (Wildman–Crippen MR) is 106 cm³/mol. The van der Waals surface area contributed by atoms with Gasteiger partial charge in [0.2, 0.25) is 11.6 Å². The predicted octanol–water partition coefficient (Wildman–Crippen LogP) is 4.28. The summed E-state index contributed by atoms with van der Waals surface area (Å²) in [7, 11) is 1.52. The highest BCUT2D eigenvalue weighted by Gasteiger charge is 2.24. The van der Waals surface area contributed by atoms with Gasteiger partial charge in [-0.05, 0) is 31.2 Å². The molecule has 0 bridgehead atoms. The van der Waals surface area contributed by atoms with Gasteiger partial charge in [-0.2, -0.15) is 0 Å². The largest absolute Gasteiger partial charge is 0.495 e. The maximum Gasteiger partial charge on any atom is 0.353 e. The third-order valence-electron chi connectivity index (χ3n) is 3.80. The van der Waals surface area contributed by atoms with Gasteiger partial charge in [0.25, 0.3) is 0 Å². The molecule has 28 heavy (non-hydrogen) atoms. The topological polar surface area (TPSA) is 111 Å². The summed E-state index contributed by atoms with van der Waals surface area (Å²) in [6.07, 6.45) is 1.25. The van der Waals surface area contributed by atoms with Crippen LogP contribution in [0.25, 0.3) is 0 Å². The minimum Gasteiger partial charge on any atom is -0.495 e. The van der Waals surface area contributed by atoms with Crippen molar-refractivity contribution in [3.8, 4) is 11.5 Å². The summed E-state index contributed by atoms with van der Waals surface area (Å²) in [6.45, 7) is 2.32. The molecule has 0 radical (unpaired) electrons. The standard InChI is InChI=1S/C19H19N5O4/c1-3-28-16-11-7-5-9-14(16)23-19-17(24(25)26)18(20-12-21-19)22-13-8-4-6-10-15(13)27-2/h4-12H,3H2,1-2H3,(H2,20,21,22,23). The number of nitrogens with one attached hydrogen (secondary N) is 2. The van der Waals surface area contributed by atoms with E-state index in [1.165, 1.54) is 13.4 Å². The van der Waals surface area contributed by atoms with Crippen molar-refractivity contribution in [1.82, 2.24) is 9.97 Å². The lowest BCUT2D eigenvalue weighted by molar-refractivity contribution is -0.383. The molecule has 3 rings (SSSR count). The minimum absolute atomic E-state index is 0.0425. The molecule has 2 aromatic carbocycles. The van der Waals surface area contributed by atoms with Crippen molar-refractivity contribution in [1.29, 1.82) is 0 Å². The summed E-state index contributed by atoms with van der Waals surface area (Å²) in [5.74, 6) is 1.19. The Morgan fingerprint density at radius 2 is 1.50 bits per heavy atom. The minimum atomic E-state index is -0.538. The van der Waals surface area contributed by atoms with Crippen LogP contribution in [0.3, 0.4) is 0 Å². The van der Waals surface area contributed by atoms with Crippen molar-refractivity contribution >= 4 is 28.7 Å². The Morgan fingerprint density at radius 1 is 0.964 bits per heavy atom. The summed E-state index contributed by atoms with van der Waals surface area (Å²) in [4.78, 5) is 19.3. The molecule has 2 N–H and O–H groups in total. The van der Waals surface area contributed by atoms with Crippen molar-refractivity contribution in [2.75, 3.05) is 24.4 Å². The van der Waals surface area contributed by atoms with Crippen molar-refractivity contribution in [3.05, 3.63) is 65.0 Å². The molecule has 9 heteroatoms. The molecule has 0 aliphatic heterocycles. The van der Waals surface area contributed by atoms with Crippen LogP contribution in [0.15, 0.2) is 54.9 Å². The molecular weight excluding hydrogens is 362 g/mol. The van der Waals surface area contributed by atoms with Crippen LogP contribution < -0.4 is 20.1 Å². The quantitative estimate of drug-likeness (QED) is 0.439. The van der Waals surface area contributed by atoms with Gasteiger partial charge in [0.1, 0.15) is 17.8 Å². The number of methoxy groups -OCH3 is 1.